The van der Waals surface area contributed by atoms with Gasteiger partial charge in [0.05, 0.1) is 32.7 Å². The van der Waals surface area contributed by atoms with E-state index in [4.69, 9.17) is 21.1 Å². The Morgan fingerprint density at radius 2 is 2.03 bits per heavy atom. The second-order valence-electron chi connectivity index (χ2n) is 7.22. The van der Waals surface area contributed by atoms with Gasteiger partial charge >= 0.3 is 0 Å². The summed E-state index contributed by atoms with van der Waals surface area (Å²) in [6.45, 7) is 5.15. The van der Waals surface area contributed by atoms with E-state index in [1.807, 2.05) is 25.1 Å². The van der Waals surface area contributed by atoms with E-state index in [2.05, 4.69) is 22.4 Å². The summed E-state index contributed by atoms with van der Waals surface area (Å²) in [5.41, 5.74) is 2.40. The summed E-state index contributed by atoms with van der Waals surface area (Å²) < 4.78 is 14.3. The lowest BCUT2D eigenvalue weighted by atomic mass is 10.2. The minimum absolute atomic E-state index is 0.291. The second-order valence-corrected chi connectivity index (χ2v) is 7.57. The standard InChI is InChI=1S/C23H28ClN5O3/c1-5-6-14-28-23(24)18(16(2)27-28)10-11-21(30)26-20-12-13-25-29(20)15-17-8-7-9-19(31-3)22(17)32-4/h7-13H,5-6,14-15H2,1-4H3,(H,26,30)/b11-10+. The van der Waals surface area contributed by atoms with Crippen molar-refractivity contribution in [3.05, 3.63) is 58.5 Å². The van der Waals surface area contributed by atoms with E-state index in [9.17, 15) is 4.79 Å². The Morgan fingerprint density at radius 3 is 2.75 bits per heavy atom. The van der Waals surface area contributed by atoms with Crippen LogP contribution in [0, 0.1) is 6.92 Å². The number of aryl methyl sites for hydroxylation is 2. The van der Waals surface area contributed by atoms with Crippen LogP contribution in [0.3, 0.4) is 0 Å². The van der Waals surface area contributed by atoms with Crippen LogP contribution in [0.25, 0.3) is 6.08 Å². The van der Waals surface area contributed by atoms with Crippen molar-refractivity contribution in [3.8, 4) is 11.5 Å². The maximum absolute atomic E-state index is 12.6. The van der Waals surface area contributed by atoms with Crippen LogP contribution in [-0.2, 0) is 17.9 Å². The van der Waals surface area contributed by atoms with Gasteiger partial charge < -0.3 is 14.8 Å². The predicted molar refractivity (Wildman–Crippen MR) is 125 cm³/mol. The summed E-state index contributed by atoms with van der Waals surface area (Å²) in [5, 5.41) is 12.2. The van der Waals surface area contributed by atoms with Gasteiger partial charge in [0, 0.05) is 29.8 Å². The summed E-state index contributed by atoms with van der Waals surface area (Å²) in [5.74, 6) is 1.54. The highest BCUT2D eigenvalue weighted by atomic mass is 35.5. The molecule has 8 nitrogen and oxygen atoms in total. The molecule has 1 aromatic carbocycles. The van der Waals surface area contributed by atoms with Crippen molar-refractivity contribution in [2.45, 2.75) is 39.8 Å². The molecule has 0 aliphatic rings. The molecule has 0 unspecified atom stereocenters. The first-order chi connectivity index (χ1) is 15.5. The molecule has 3 rings (SSSR count). The molecule has 0 fully saturated rings. The van der Waals surface area contributed by atoms with E-state index in [1.54, 1.807) is 41.9 Å². The molecule has 9 heteroatoms. The molecule has 0 atom stereocenters. The minimum atomic E-state index is -0.291. The van der Waals surface area contributed by atoms with E-state index in [1.165, 1.54) is 6.08 Å². The fourth-order valence-corrected chi connectivity index (χ4v) is 3.67. The Morgan fingerprint density at radius 1 is 1.22 bits per heavy atom. The number of carbonyl (C=O) groups excluding carboxylic acids is 1. The van der Waals surface area contributed by atoms with Gasteiger partial charge in [-0.1, -0.05) is 37.1 Å². The second kappa shape index (κ2) is 10.9. The summed E-state index contributed by atoms with van der Waals surface area (Å²) in [6, 6.07) is 7.37. The smallest absolute Gasteiger partial charge is 0.249 e. The molecular weight excluding hydrogens is 430 g/mol. The third-order valence-electron chi connectivity index (χ3n) is 5.01. The van der Waals surface area contributed by atoms with Crippen LogP contribution in [0.4, 0.5) is 5.82 Å². The number of anilines is 1. The molecule has 0 saturated heterocycles. The number of unbranched alkanes of at least 4 members (excludes halogenated alkanes) is 1. The number of nitrogens with zero attached hydrogens (tertiary/aromatic N) is 4. The highest BCUT2D eigenvalue weighted by molar-refractivity contribution is 6.31. The van der Waals surface area contributed by atoms with Crippen molar-refractivity contribution in [1.29, 1.82) is 0 Å². The van der Waals surface area contributed by atoms with Gasteiger partial charge in [-0.15, -0.1) is 0 Å². The van der Waals surface area contributed by atoms with Crippen molar-refractivity contribution in [2.75, 3.05) is 19.5 Å². The first-order valence-corrected chi connectivity index (χ1v) is 10.8. The molecule has 0 bridgehead atoms. The molecule has 1 N–H and O–H groups in total. The number of methoxy groups -OCH3 is 2. The number of halogens is 1. The third kappa shape index (κ3) is 5.31. The molecule has 2 aromatic heterocycles. The van der Waals surface area contributed by atoms with Gasteiger partial charge in [-0.25, -0.2) is 4.68 Å². The van der Waals surface area contributed by atoms with Gasteiger partial charge in [0.15, 0.2) is 11.5 Å². The van der Waals surface area contributed by atoms with Crippen LogP contribution in [0.1, 0.15) is 36.6 Å². The molecule has 0 aliphatic carbocycles. The van der Waals surface area contributed by atoms with Crippen molar-refractivity contribution >= 4 is 29.4 Å². The topological polar surface area (TPSA) is 83.2 Å². The average molecular weight is 458 g/mol. The quantitative estimate of drug-likeness (QED) is 0.451. The molecule has 0 aliphatic heterocycles. The Balaban J connectivity index is 1.72. The van der Waals surface area contributed by atoms with Gasteiger partial charge in [-0.05, 0) is 25.5 Å². The zero-order chi connectivity index (χ0) is 23.1. The van der Waals surface area contributed by atoms with E-state index < -0.39 is 0 Å². The maximum Gasteiger partial charge on any atom is 0.249 e. The van der Waals surface area contributed by atoms with E-state index in [0.29, 0.717) is 29.0 Å². The monoisotopic (exact) mass is 457 g/mol. The Bertz CT molecular complexity index is 1100. The normalized spacial score (nSPS) is 11.2. The van der Waals surface area contributed by atoms with E-state index in [0.717, 1.165) is 36.2 Å². The lowest BCUT2D eigenvalue weighted by Gasteiger charge is -2.14. The number of hydrogen-bond donors (Lipinski definition) is 1. The molecule has 0 radical (unpaired) electrons. The van der Waals surface area contributed by atoms with E-state index in [-0.39, 0.29) is 5.91 Å². The van der Waals surface area contributed by atoms with Crippen LogP contribution in [0.15, 0.2) is 36.5 Å². The van der Waals surface area contributed by atoms with Crippen LogP contribution >= 0.6 is 11.6 Å². The molecule has 0 saturated carbocycles. The first-order valence-electron chi connectivity index (χ1n) is 10.4. The molecular formula is C23H28ClN5O3. The van der Waals surface area contributed by atoms with Gasteiger partial charge in [0.25, 0.3) is 0 Å². The zero-order valence-electron chi connectivity index (χ0n) is 18.8. The SMILES string of the molecule is CCCCn1nc(C)c(/C=C/C(=O)Nc2ccnn2Cc2cccc(OC)c2OC)c1Cl. The molecule has 32 heavy (non-hydrogen) atoms. The summed E-state index contributed by atoms with van der Waals surface area (Å²) >= 11 is 6.44. The molecule has 0 spiro atoms. The lowest BCUT2D eigenvalue weighted by molar-refractivity contribution is -0.111. The maximum atomic E-state index is 12.6. The largest absolute Gasteiger partial charge is 0.493 e. The van der Waals surface area contributed by atoms with Gasteiger partial charge in [-0.2, -0.15) is 10.2 Å². The summed E-state index contributed by atoms with van der Waals surface area (Å²) in [4.78, 5) is 12.6. The average Bonchev–Trinajstić information content (AvgIpc) is 3.33. The third-order valence-corrected chi connectivity index (χ3v) is 5.41. The number of benzene rings is 1. The fraction of sp³-hybridized carbons (Fsp3) is 0.348. The van der Waals surface area contributed by atoms with Crippen LogP contribution < -0.4 is 14.8 Å². The number of rotatable bonds is 10. The van der Waals surface area contributed by atoms with Crippen molar-refractivity contribution in [2.24, 2.45) is 0 Å². The number of hydrogen-bond acceptors (Lipinski definition) is 5. The molecule has 3 aromatic rings. The minimum Gasteiger partial charge on any atom is -0.493 e. The van der Waals surface area contributed by atoms with Crippen LogP contribution in [0.5, 0.6) is 11.5 Å². The molecule has 170 valence electrons. The summed E-state index contributed by atoms with van der Waals surface area (Å²) in [7, 11) is 3.18. The lowest BCUT2D eigenvalue weighted by Crippen LogP contribution is -2.14. The summed E-state index contributed by atoms with van der Waals surface area (Å²) in [6.07, 6.45) is 6.81. The van der Waals surface area contributed by atoms with Crippen molar-refractivity contribution in [3.63, 3.8) is 0 Å². The highest BCUT2D eigenvalue weighted by Gasteiger charge is 2.14. The number of aromatic nitrogens is 4. The number of para-hydroxylation sites is 1. The number of amides is 1. The zero-order valence-corrected chi connectivity index (χ0v) is 19.5. The van der Waals surface area contributed by atoms with Gasteiger partial charge in [0.1, 0.15) is 11.0 Å². The Labute approximate surface area is 192 Å². The van der Waals surface area contributed by atoms with Gasteiger partial charge in [-0.3, -0.25) is 9.48 Å². The predicted octanol–water partition coefficient (Wildman–Crippen LogP) is 4.56. The van der Waals surface area contributed by atoms with Crippen LogP contribution in [-0.4, -0.2) is 39.7 Å². The Kier molecular flexibility index (Phi) is 7.94. The Hall–Kier alpha value is -3.26. The van der Waals surface area contributed by atoms with Crippen LogP contribution in [0.2, 0.25) is 5.15 Å². The molecule has 2 heterocycles. The van der Waals surface area contributed by atoms with E-state index >= 15 is 0 Å². The molecule has 1 amide bonds. The fourth-order valence-electron chi connectivity index (χ4n) is 3.34. The first kappa shape index (κ1) is 23.4. The van der Waals surface area contributed by atoms with Crippen molar-refractivity contribution < 1.29 is 14.3 Å². The number of carbonyl (C=O) groups is 1. The van der Waals surface area contributed by atoms with Crippen molar-refractivity contribution in [1.82, 2.24) is 19.6 Å². The number of ether oxygens (including phenoxy) is 2. The number of nitrogens with one attached hydrogen (secondary N) is 1. The highest BCUT2D eigenvalue weighted by Crippen LogP contribution is 2.31. The van der Waals surface area contributed by atoms with Gasteiger partial charge in [0.2, 0.25) is 5.91 Å².